The van der Waals surface area contributed by atoms with E-state index in [1.807, 2.05) is 0 Å². The van der Waals surface area contributed by atoms with Gasteiger partial charge in [0, 0.05) is 19.3 Å². The van der Waals surface area contributed by atoms with Gasteiger partial charge in [0.15, 0.2) is 6.10 Å². The molecule has 0 fully saturated rings. The summed E-state index contributed by atoms with van der Waals surface area (Å²) in [6, 6.07) is 0. The van der Waals surface area contributed by atoms with Crippen molar-refractivity contribution < 1.29 is 28.6 Å². The monoisotopic (exact) mass is 827 g/mol. The number of ether oxygens (including phenoxy) is 3. The van der Waals surface area contributed by atoms with E-state index in [1.165, 1.54) is 103 Å². The highest BCUT2D eigenvalue weighted by Gasteiger charge is 2.19. The Labute approximate surface area is 365 Å². The molecule has 342 valence electrons. The smallest absolute Gasteiger partial charge is 0.306 e. The minimum absolute atomic E-state index is 0.0799. The molecule has 0 aromatic carbocycles. The Kier molecular flexibility index (Phi) is 45.9. The quantitative estimate of drug-likeness (QED) is 0.0263. The van der Waals surface area contributed by atoms with E-state index < -0.39 is 6.10 Å². The van der Waals surface area contributed by atoms with E-state index in [0.29, 0.717) is 19.3 Å². The van der Waals surface area contributed by atoms with Gasteiger partial charge in [-0.3, -0.25) is 14.4 Å². The third-order valence-electron chi connectivity index (χ3n) is 10.8. The van der Waals surface area contributed by atoms with Crippen LogP contribution in [0.1, 0.15) is 252 Å². The molecule has 59 heavy (non-hydrogen) atoms. The Morgan fingerprint density at radius 1 is 0.356 bits per heavy atom. The zero-order chi connectivity index (χ0) is 43.0. The number of unbranched alkanes of at least 4 members (excludes halogenated alkanes) is 26. The van der Waals surface area contributed by atoms with Crippen LogP contribution in [0.4, 0.5) is 0 Å². The third-order valence-corrected chi connectivity index (χ3v) is 10.8. The lowest BCUT2D eigenvalue weighted by Crippen LogP contribution is -2.30. The summed E-state index contributed by atoms with van der Waals surface area (Å²) in [6.45, 7) is 6.50. The Morgan fingerprint density at radius 2 is 0.661 bits per heavy atom. The molecule has 0 aliphatic carbocycles. The van der Waals surface area contributed by atoms with Gasteiger partial charge in [0.25, 0.3) is 0 Å². The van der Waals surface area contributed by atoms with E-state index in [4.69, 9.17) is 14.2 Å². The molecule has 0 rings (SSSR count). The van der Waals surface area contributed by atoms with Gasteiger partial charge < -0.3 is 14.2 Å². The van der Waals surface area contributed by atoms with Crippen LogP contribution in [-0.4, -0.2) is 37.2 Å². The van der Waals surface area contributed by atoms with Crippen LogP contribution in [0.2, 0.25) is 0 Å². The summed E-state index contributed by atoms with van der Waals surface area (Å²) in [4.78, 5) is 37.9. The first-order valence-corrected chi connectivity index (χ1v) is 25.1. The van der Waals surface area contributed by atoms with Crippen LogP contribution in [-0.2, 0) is 28.6 Å². The van der Waals surface area contributed by atoms with Crippen molar-refractivity contribution in [3.63, 3.8) is 0 Å². The van der Waals surface area contributed by atoms with Crippen molar-refractivity contribution in [1.29, 1.82) is 0 Å². The van der Waals surface area contributed by atoms with Crippen molar-refractivity contribution in [2.45, 2.75) is 258 Å². The molecule has 6 nitrogen and oxygen atoms in total. The summed E-state index contributed by atoms with van der Waals surface area (Å²) in [5.41, 5.74) is 0. The highest BCUT2D eigenvalue weighted by molar-refractivity contribution is 5.71. The van der Waals surface area contributed by atoms with Gasteiger partial charge in [-0.25, -0.2) is 0 Å². The molecular weight excluding hydrogens is 733 g/mol. The van der Waals surface area contributed by atoms with E-state index in [2.05, 4.69) is 69.4 Å². The molecular formula is C53H94O6. The molecule has 6 heteroatoms. The second-order valence-electron chi connectivity index (χ2n) is 16.7. The fraction of sp³-hybridized carbons (Fsp3) is 0.792. The maximum atomic E-state index is 12.8. The molecule has 0 bridgehead atoms. The van der Waals surface area contributed by atoms with Crippen LogP contribution in [0.5, 0.6) is 0 Å². The van der Waals surface area contributed by atoms with Crippen LogP contribution in [0.15, 0.2) is 48.6 Å². The second kappa shape index (κ2) is 48.0. The zero-order valence-corrected chi connectivity index (χ0v) is 39.0. The number of rotatable bonds is 45. The van der Waals surface area contributed by atoms with Crippen molar-refractivity contribution in [2.75, 3.05) is 13.2 Å². The van der Waals surface area contributed by atoms with E-state index in [9.17, 15) is 14.4 Å². The van der Waals surface area contributed by atoms with Gasteiger partial charge in [0.05, 0.1) is 0 Å². The van der Waals surface area contributed by atoms with Crippen molar-refractivity contribution in [1.82, 2.24) is 0 Å². The van der Waals surface area contributed by atoms with E-state index in [0.717, 1.165) is 109 Å². The molecule has 0 aliphatic heterocycles. The number of hydrogen-bond donors (Lipinski definition) is 0. The normalized spacial score (nSPS) is 12.4. The zero-order valence-electron chi connectivity index (χ0n) is 39.0. The van der Waals surface area contributed by atoms with Gasteiger partial charge in [-0.2, -0.15) is 0 Å². The van der Waals surface area contributed by atoms with Crippen molar-refractivity contribution in [3.8, 4) is 0 Å². The van der Waals surface area contributed by atoms with Gasteiger partial charge in [0.2, 0.25) is 0 Å². The van der Waals surface area contributed by atoms with Gasteiger partial charge in [-0.05, 0) is 77.0 Å². The first kappa shape index (κ1) is 56.4. The maximum Gasteiger partial charge on any atom is 0.306 e. The van der Waals surface area contributed by atoms with Gasteiger partial charge in [-0.15, -0.1) is 0 Å². The third kappa shape index (κ3) is 46.3. The van der Waals surface area contributed by atoms with Gasteiger partial charge in [0.1, 0.15) is 13.2 Å². The predicted octanol–water partition coefficient (Wildman–Crippen LogP) is 16.3. The fourth-order valence-electron chi connectivity index (χ4n) is 7.04. The molecule has 0 saturated heterocycles. The number of allylic oxidation sites excluding steroid dienone is 8. The lowest BCUT2D eigenvalue weighted by Gasteiger charge is -2.18. The molecule has 0 spiro atoms. The average molecular weight is 827 g/mol. The number of carbonyl (C=O) groups excluding carboxylic acids is 3. The summed E-state index contributed by atoms with van der Waals surface area (Å²) >= 11 is 0. The summed E-state index contributed by atoms with van der Waals surface area (Å²) in [5.74, 6) is -0.901. The first-order chi connectivity index (χ1) is 29.0. The van der Waals surface area contributed by atoms with Crippen molar-refractivity contribution in [2.24, 2.45) is 0 Å². The van der Waals surface area contributed by atoms with Crippen LogP contribution in [0.3, 0.4) is 0 Å². The van der Waals surface area contributed by atoms with E-state index in [1.54, 1.807) is 0 Å². The standard InChI is InChI=1S/C53H94O6/c1-4-7-10-13-16-19-22-25-26-29-31-34-37-40-43-46-52(55)58-49-50(59-53(56)47-44-41-38-35-32-28-24-21-18-15-12-9-6-3)48-57-51(54)45-42-39-36-33-30-27-23-20-17-14-11-8-5-2/h7,10,16,19,21,24-26,50H,4-6,8-9,11-15,17-18,20,22-23,27-49H2,1-3H3/b10-7-,19-16-,24-21-,26-25-/t50-/m0/s1. The number of carbonyl (C=O) groups is 3. The Bertz CT molecular complexity index is 1040. The number of hydrogen-bond acceptors (Lipinski definition) is 6. The summed E-state index contributed by atoms with van der Waals surface area (Å²) < 4.78 is 16.8. The molecule has 0 radical (unpaired) electrons. The minimum atomic E-state index is -0.780. The SMILES string of the molecule is CC/C=C\C/C=C\C/C=C\CCCCCCCC(=O)OC[C@H](COC(=O)CCCCCCCCCCCCCCC)OC(=O)CCCCCCC/C=C\CCCCCC. The summed E-state index contributed by atoms with van der Waals surface area (Å²) in [5, 5.41) is 0. The summed E-state index contributed by atoms with van der Waals surface area (Å²) in [6.07, 6.45) is 56.6. The molecule has 0 N–H and O–H groups in total. The highest BCUT2D eigenvalue weighted by atomic mass is 16.6. The van der Waals surface area contributed by atoms with E-state index >= 15 is 0 Å². The largest absolute Gasteiger partial charge is 0.462 e. The molecule has 1 atom stereocenters. The molecule has 0 unspecified atom stereocenters. The fourth-order valence-corrected chi connectivity index (χ4v) is 7.04. The van der Waals surface area contributed by atoms with Crippen molar-refractivity contribution in [3.05, 3.63) is 48.6 Å². The molecule has 0 amide bonds. The Morgan fingerprint density at radius 3 is 1.07 bits per heavy atom. The van der Waals surface area contributed by atoms with Crippen LogP contribution in [0.25, 0.3) is 0 Å². The second-order valence-corrected chi connectivity index (χ2v) is 16.7. The molecule has 0 aliphatic rings. The minimum Gasteiger partial charge on any atom is -0.462 e. The Hall–Kier alpha value is -2.63. The lowest BCUT2D eigenvalue weighted by molar-refractivity contribution is -0.167. The van der Waals surface area contributed by atoms with Crippen molar-refractivity contribution >= 4 is 17.9 Å². The Balaban J connectivity index is 4.40. The lowest BCUT2D eigenvalue weighted by atomic mass is 10.0. The van der Waals surface area contributed by atoms with Crippen LogP contribution < -0.4 is 0 Å². The molecule has 0 saturated carbocycles. The topological polar surface area (TPSA) is 78.9 Å². The average Bonchev–Trinajstić information content (AvgIpc) is 3.23. The van der Waals surface area contributed by atoms with Gasteiger partial charge >= 0.3 is 17.9 Å². The molecule has 0 heterocycles. The predicted molar refractivity (Wildman–Crippen MR) is 252 cm³/mol. The highest BCUT2D eigenvalue weighted by Crippen LogP contribution is 2.15. The molecule has 0 aromatic heterocycles. The van der Waals surface area contributed by atoms with Crippen LogP contribution >= 0.6 is 0 Å². The maximum absolute atomic E-state index is 12.8. The van der Waals surface area contributed by atoms with Crippen LogP contribution in [0, 0.1) is 0 Å². The number of esters is 3. The first-order valence-electron chi connectivity index (χ1n) is 25.1. The van der Waals surface area contributed by atoms with E-state index in [-0.39, 0.29) is 31.1 Å². The van der Waals surface area contributed by atoms with Gasteiger partial charge in [-0.1, -0.05) is 204 Å². The molecule has 0 aromatic rings. The summed E-state index contributed by atoms with van der Waals surface area (Å²) in [7, 11) is 0.